The standard InChI is InChI=1S/C13H17NO3/c1-2-4-10-7-9(13(15)16)8-12(14-10)17-11-5-3-6-11/h7-8,11H,2-6H2,1H3,(H,15,16). The monoisotopic (exact) mass is 235 g/mol. The van der Waals surface area contributed by atoms with Crippen LogP contribution in [0.15, 0.2) is 12.1 Å². The number of aromatic nitrogens is 1. The van der Waals surface area contributed by atoms with Crippen molar-refractivity contribution < 1.29 is 14.6 Å². The van der Waals surface area contributed by atoms with Gasteiger partial charge in [0, 0.05) is 11.8 Å². The van der Waals surface area contributed by atoms with Crippen LogP contribution >= 0.6 is 0 Å². The molecule has 1 aliphatic rings. The Morgan fingerprint density at radius 2 is 2.29 bits per heavy atom. The average Bonchev–Trinajstić information content (AvgIpc) is 2.24. The van der Waals surface area contributed by atoms with Crippen LogP contribution in [0.25, 0.3) is 0 Å². The number of aromatic carboxylic acids is 1. The number of rotatable bonds is 5. The molecule has 0 saturated heterocycles. The van der Waals surface area contributed by atoms with Crippen LogP contribution in [0.5, 0.6) is 5.88 Å². The van der Waals surface area contributed by atoms with Gasteiger partial charge in [-0.3, -0.25) is 0 Å². The average molecular weight is 235 g/mol. The van der Waals surface area contributed by atoms with Crippen LogP contribution in [0, 0.1) is 0 Å². The van der Waals surface area contributed by atoms with Crippen molar-refractivity contribution in [1.82, 2.24) is 4.98 Å². The van der Waals surface area contributed by atoms with Crippen LogP contribution in [0.4, 0.5) is 0 Å². The number of nitrogens with zero attached hydrogens (tertiary/aromatic N) is 1. The summed E-state index contributed by atoms with van der Waals surface area (Å²) in [5.74, 6) is -0.471. The van der Waals surface area contributed by atoms with Crippen LogP contribution in [-0.4, -0.2) is 22.2 Å². The van der Waals surface area contributed by atoms with E-state index < -0.39 is 5.97 Å². The molecule has 0 spiro atoms. The number of hydrogen-bond donors (Lipinski definition) is 1. The lowest BCUT2D eigenvalue weighted by atomic mass is 9.96. The Bertz CT molecular complexity index is 413. The number of carboxylic acids is 1. The van der Waals surface area contributed by atoms with E-state index in [0.29, 0.717) is 5.88 Å². The van der Waals surface area contributed by atoms with Crippen molar-refractivity contribution in [3.05, 3.63) is 23.4 Å². The number of carbonyl (C=O) groups is 1. The highest BCUT2D eigenvalue weighted by Crippen LogP contribution is 2.25. The largest absolute Gasteiger partial charge is 0.478 e. The lowest BCUT2D eigenvalue weighted by Crippen LogP contribution is -2.25. The SMILES string of the molecule is CCCc1cc(C(=O)O)cc(OC2CCC2)n1. The first-order chi connectivity index (χ1) is 8.19. The number of aryl methyl sites for hydroxylation is 1. The van der Waals surface area contributed by atoms with E-state index in [1.165, 1.54) is 12.5 Å². The van der Waals surface area contributed by atoms with Crippen molar-refractivity contribution in [3.8, 4) is 5.88 Å². The molecule has 0 radical (unpaired) electrons. The van der Waals surface area contributed by atoms with Crippen LogP contribution in [0.1, 0.15) is 48.7 Å². The minimum absolute atomic E-state index is 0.223. The zero-order valence-electron chi connectivity index (χ0n) is 9.98. The fraction of sp³-hybridized carbons (Fsp3) is 0.538. The topological polar surface area (TPSA) is 59.4 Å². The van der Waals surface area contributed by atoms with Crippen molar-refractivity contribution in [2.75, 3.05) is 0 Å². The molecule has 0 amide bonds. The minimum atomic E-state index is -0.928. The lowest BCUT2D eigenvalue weighted by molar-refractivity contribution is 0.0693. The van der Waals surface area contributed by atoms with E-state index in [4.69, 9.17) is 9.84 Å². The zero-order chi connectivity index (χ0) is 12.3. The second kappa shape index (κ2) is 5.17. The first-order valence-corrected chi connectivity index (χ1v) is 6.10. The van der Waals surface area contributed by atoms with Crippen molar-refractivity contribution >= 4 is 5.97 Å². The first-order valence-electron chi connectivity index (χ1n) is 6.10. The predicted octanol–water partition coefficient (Wildman–Crippen LogP) is 2.66. The molecule has 1 aromatic rings. The Balaban J connectivity index is 2.19. The van der Waals surface area contributed by atoms with Gasteiger partial charge in [0.15, 0.2) is 0 Å². The van der Waals surface area contributed by atoms with Gasteiger partial charge in [-0.15, -0.1) is 0 Å². The highest BCUT2D eigenvalue weighted by molar-refractivity contribution is 5.88. The first kappa shape index (κ1) is 11.9. The molecule has 4 nitrogen and oxygen atoms in total. The number of pyridine rings is 1. The summed E-state index contributed by atoms with van der Waals surface area (Å²) in [7, 11) is 0. The molecule has 0 atom stereocenters. The van der Waals surface area contributed by atoms with E-state index in [9.17, 15) is 4.79 Å². The van der Waals surface area contributed by atoms with Crippen molar-refractivity contribution in [2.24, 2.45) is 0 Å². The number of ether oxygens (including phenoxy) is 1. The van der Waals surface area contributed by atoms with E-state index in [1.54, 1.807) is 6.07 Å². The fourth-order valence-corrected chi connectivity index (χ4v) is 1.79. The molecule has 0 aromatic carbocycles. The smallest absolute Gasteiger partial charge is 0.335 e. The van der Waals surface area contributed by atoms with E-state index >= 15 is 0 Å². The Morgan fingerprint density at radius 3 is 2.82 bits per heavy atom. The maximum atomic E-state index is 11.0. The van der Waals surface area contributed by atoms with E-state index in [-0.39, 0.29) is 11.7 Å². The maximum absolute atomic E-state index is 11.0. The molecule has 1 aromatic heterocycles. The summed E-state index contributed by atoms with van der Waals surface area (Å²) in [6.45, 7) is 2.04. The van der Waals surface area contributed by atoms with Gasteiger partial charge in [-0.05, 0) is 31.7 Å². The van der Waals surface area contributed by atoms with Gasteiger partial charge in [0.25, 0.3) is 0 Å². The fourth-order valence-electron chi connectivity index (χ4n) is 1.79. The molecule has 1 N–H and O–H groups in total. The Kier molecular flexibility index (Phi) is 3.61. The minimum Gasteiger partial charge on any atom is -0.478 e. The normalized spacial score (nSPS) is 15.4. The van der Waals surface area contributed by atoms with E-state index in [1.807, 2.05) is 6.92 Å². The molecule has 92 valence electrons. The van der Waals surface area contributed by atoms with Gasteiger partial charge in [0.05, 0.1) is 5.56 Å². The second-order valence-electron chi connectivity index (χ2n) is 4.41. The molecule has 1 aliphatic carbocycles. The van der Waals surface area contributed by atoms with Crippen LogP contribution in [0.2, 0.25) is 0 Å². The summed E-state index contributed by atoms with van der Waals surface area (Å²) < 4.78 is 5.65. The quantitative estimate of drug-likeness (QED) is 0.852. The number of hydrogen-bond acceptors (Lipinski definition) is 3. The van der Waals surface area contributed by atoms with Crippen molar-refractivity contribution in [2.45, 2.75) is 45.1 Å². The third-order valence-electron chi connectivity index (χ3n) is 2.95. The highest BCUT2D eigenvalue weighted by atomic mass is 16.5. The summed E-state index contributed by atoms with van der Waals surface area (Å²) in [6.07, 6.45) is 5.22. The second-order valence-corrected chi connectivity index (χ2v) is 4.41. The maximum Gasteiger partial charge on any atom is 0.335 e. The lowest BCUT2D eigenvalue weighted by Gasteiger charge is -2.26. The van der Waals surface area contributed by atoms with Gasteiger partial charge >= 0.3 is 5.97 Å². The molecule has 0 aliphatic heterocycles. The molecule has 17 heavy (non-hydrogen) atoms. The summed E-state index contributed by atoms with van der Waals surface area (Å²) in [5, 5.41) is 9.02. The van der Waals surface area contributed by atoms with Crippen molar-refractivity contribution in [3.63, 3.8) is 0 Å². The Morgan fingerprint density at radius 1 is 1.53 bits per heavy atom. The zero-order valence-corrected chi connectivity index (χ0v) is 9.98. The van der Waals surface area contributed by atoms with Crippen LogP contribution < -0.4 is 4.74 Å². The molecule has 2 rings (SSSR count). The summed E-state index contributed by atoms with van der Waals surface area (Å²) in [4.78, 5) is 15.3. The third-order valence-corrected chi connectivity index (χ3v) is 2.95. The van der Waals surface area contributed by atoms with E-state index in [0.717, 1.165) is 31.4 Å². The summed E-state index contributed by atoms with van der Waals surface area (Å²) >= 11 is 0. The third kappa shape index (κ3) is 2.96. The highest BCUT2D eigenvalue weighted by Gasteiger charge is 2.20. The predicted molar refractivity (Wildman–Crippen MR) is 63.5 cm³/mol. The van der Waals surface area contributed by atoms with Gasteiger partial charge < -0.3 is 9.84 Å². The molecule has 4 heteroatoms. The van der Waals surface area contributed by atoms with Crippen LogP contribution in [0.3, 0.4) is 0 Å². The molecule has 1 saturated carbocycles. The van der Waals surface area contributed by atoms with Gasteiger partial charge in [-0.25, -0.2) is 9.78 Å². The summed E-state index contributed by atoms with van der Waals surface area (Å²) in [6, 6.07) is 3.14. The molecular formula is C13H17NO3. The van der Waals surface area contributed by atoms with E-state index in [2.05, 4.69) is 4.98 Å². The van der Waals surface area contributed by atoms with Gasteiger partial charge in [0.2, 0.25) is 5.88 Å². The Labute approximate surface area is 101 Å². The number of carboxylic acid groups (broad SMARTS) is 1. The molecular weight excluding hydrogens is 218 g/mol. The van der Waals surface area contributed by atoms with Gasteiger partial charge in [-0.1, -0.05) is 13.3 Å². The van der Waals surface area contributed by atoms with Gasteiger partial charge in [0.1, 0.15) is 6.10 Å². The summed E-state index contributed by atoms with van der Waals surface area (Å²) in [5.41, 5.74) is 1.06. The molecule has 0 unspecified atom stereocenters. The van der Waals surface area contributed by atoms with Crippen LogP contribution in [-0.2, 0) is 6.42 Å². The molecule has 0 bridgehead atoms. The molecule has 1 fully saturated rings. The Hall–Kier alpha value is -1.58. The molecule has 1 heterocycles. The van der Waals surface area contributed by atoms with Gasteiger partial charge in [-0.2, -0.15) is 0 Å². The van der Waals surface area contributed by atoms with Crippen molar-refractivity contribution in [1.29, 1.82) is 0 Å².